The van der Waals surface area contributed by atoms with Gasteiger partial charge in [-0.1, -0.05) is 23.8 Å². The van der Waals surface area contributed by atoms with Gasteiger partial charge in [-0.15, -0.1) is 17.9 Å². The number of hydrogen-bond donors (Lipinski definition) is 1. The van der Waals surface area contributed by atoms with Gasteiger partial charge < -0.3 is 0 Å². The molecule has 0 saturated carbocycles. The summed E-state index contributed by atoms with van der Waals surface area (Å²) in [6.07, 6.45) is 5.08. The Morgan fingerprint density at radius 1 is 1.42 bits per heavy atom. The Balaban J connectivity index is 1.64. The molecule has 0 aliphatic carbocycles. The molecule has 1 aromatic heterocycles. The maximum atomic E-state index is 12.2. The van der Waals surface area contributed by atoms with E-state index in [9.17, 15) is 4.79 Å². The van der Waals surface area contributed by atoms with E-state index >= 15 is 0 Å². The summed E-state index contributed by atoms with van der Waals surface area (Å²) in [5.74, 6) is -0.178. The molecule has 0 spiro atoms. The molecule has 2 heterocycles. The molecule has 0 unspecified atom stereocenters. The van der Waals surface area contributed by atoms with Crippen molar-refractivity contribution in [3.05, 3.63) is 64.7 Å². The van der Waals surface area contributed by atoms with Crippen LogP contribution in [0.3, 0.4) is 0 Å². The monoisotopic (exact) mass is 359 g/mol. The number of nitrogens with one attached hydrogen (secondary N) is 1. The van der Waals surface area contributed by atoms with Crippen molar-refractivity contribution in [3.8, 4) is 0 Å². The van der Waals surface area contributed by atoms with Gasteiger partial charge >= 0.3 is 0 Å². The molecule has 1 amide bonds. The number of carbonyl (C=O) groups excluding carboxylic acids is 1. The molecule has 6 heteroatoms. The summed E-state index contributed by atoms with van der Waals surface area (Å²) in [5, 5.41) is 6.05. The zero-order chi connectivity index (χ0) is 16.9. The fraction of sp³-hybridized carbons (Fsp3) is 0.222. The summed E-state index contributed by atoms with van der Waals surface area (Å²) in [6, 6.07) is 6.80. The van der Waals surface area contributed by atoms with E-state index in [-0.39, 0.29) is 5.91 Å². The summed E-state index contributed by atoms with van der Waals surface area (Å²) in [6.45, 7) is 6.59. The fourth-order valence-corrected chi connectivity index (χ4v) is 3.40. The van der Waals surface area contributed by atoms with Crippen LogP contribution in [0.25, 0.3) is 5.57 Å². The van der Waals surface area contributed by atoms with Crippen LogP contribution >= 0.6 is 22.9 Å². The Bertz CT molecular complexity index is 767. The molecule has 0 atom stereocenters. The van der Waals surface area contributed by atoms with Crippen LogP contribution in [0.2, 0.25) is 5.02 Å². The van der Waals surface area contributed by atoms with Crippen LogP contribution in [-0.4, -0.2) is 35.4 Å². The number of rotatable bonds is 5. The third-order valence-electron chi connectivity index (χ3n) is 3.84. The standard InChI is InChI=1S/C18H18ClN3OS/c1-2-9-22-10-7-13(8-11-22)16-12-24-18(20-16)21-17(23)14-3-5-15(19)6-4-14/h2-7,12H,1,8-11H2,(H,20,21,23). The van der Waals surface area contributed by atoms with Crippen molar-refractivity contribution in [2.75, 3.05) is 25.0 Å². The van der Waals surface area contributed by atoms with Crippen molar-refractivity contribution in [2.24, 2.45) is 0 Å². The molecule has 24 heavy (non-hydrogen) atoms. The van der Waals surface area contributed by atoms with Gasteiger partial charge in [-0.3, -0.25) is 15.0 Å². The van der Waals surface area contributed by atoms with E-state index in [0.717, 1.165) is 31.7 Å². The second-order valence-electron chi connectivity index (χ2n) is 5.53. The van der Waals surface area contributed by atoms with Crippen LogP contribution in [0.1, 0.15) is 22.5 Å². The Kier molecular flexibility index (Phi) is 5.45. The highest BCUT2D eigenvalue weighted by molar-refractivity contribution is 7.14. The third-order valence-corrected chi connectivity index (χ3v) is 4.85. The van der Waals surface area contributed by atoms with Gasteiger partial charge in [-0.25, -0.2) is 4.98 Å². The second kappa shape index (κ2) is 7.75. The van der Waals surface area contributed by atoms with E-state index in [1.807, 2.05) is 11.5 Å². The predicted octanol–water partition coefficient (Wildman–Crippen LogP) is 4.32. The zero-order valence-corrected chi connectivity index (χ0v) is 14.7. The van der Waals surface area contributed by atoms with Crippen LogP contribution in [0.4, 0.5) is 5.13 Å². The van der Waals surface area contributed by atoms with Gasteiger partial charge in [0.1, 0.15) is 0 Å². The zero-order valence-electron chi connectivity index (χ0n) is 13.2. The van der Waals surface area contributed by atoms with Crippen LogP contribution in [-0.2, 0) is 0 Å². The molecule has 124 valence electrons. The Hall–Kier alpha value is -1.95. The van der Waals surface area contributed by atoms with Gasteiger partial charge in [0.05, 0.1) is 5.69 Å². The number of halogens is 1. The average molecular weight is 360 g/mol. The highest BCUT2D eigenvalue weighted by atomic mass is 35.5. The molecule has 1 aliphatic rings. The Morgan fingerprint density at radius 2 is 2.21 bits per heavy atom. The van der Waals surface area contributed by atoms with Gasteiger partial charge in [0, 0.05) is 35.6 Å². The first-order chi connectivity index (χ1) is 11.7. The first kappa shape index (κ1) is 16.9. The molecular formula is C18H18ClN3OS. The number of benzene rings is 1. The van der Waals surface area contributed by atoms with Crippen molar-refractivity contribution in [1.82, 2.24) is 9.88 Å². The van der Waals surface area contributed by atoms with Crippen molar-refractivity contribution in [3.63, 3.8) is 0 Å². The van der Waals surface area contributed by atoms with Crippen LogP contribution in [0, 0.1) is 0 Å². The van der Waals surface area contributed by atoms with Crippen molar-refractivity contribution in [1.29, 1.82) is 0 Å². The molecule has 0 fully saturated rings. The van der Waals surface area contributed by atoms with Crippen LogP contribution < -0.4 is 5.32 Å². The van der Waals surface area contributed by atoms with Gasteiger partial charge in [0.25, 0.3) is 5.91 Å². The first-order valence-corrected chi connectivity index (χ1v) is 8.96. The highest BCUT2D eigenvalue weighted by Gasteiger charge is 2.15. The number of aromatic nitrogens is 1. The molecule has 1 N–H and O–H groups in total. The van der Waals surface area contributed by atoms with Gasteiger partial charge in [-0.05, 0) is 36.3 Å². The van der Waals surface area contributed by atoms with Crippen molar-refractivity contribution < 1.29 is 4.79 Å². The number of hydrogen-bond acceptors (Lipinski definition) is 4. The predicted molar refractivity (Wildman–Crippen MR) is 101 cm³/mol. The molecule has 0 bridgehead atoms. The van der Waals surface area contributed by atoms with E-state index in [2.05, 4.69) is 27.9 Å². The smallest absolute Gasteiger partial charge is 0.257 e. The highest BCUT2D eigenvalue weighted by Crippen LogP contribution is 2.26. The minimum atomic E-state index is -0.178. The molecule has 3 rings (SSSR count). The van der Waals surface area contributed by atoms with Crippen LogP contribution in [0.5, 0.6) is 0 Å². The average Bonchev–Trinajstić information content (AvgIpc) is 3.05. The van der Waals surface area contributed by atoms with E-state index in [1.54, 1.807) is 24.3 Å². The maximum absolute atomic E-state index is 12.2. The lowest BCUT2D eigenvalue weighted by Crippen LogP contribution is -2.28. The number of carbonyl (C=O) groups is 1. The van der Waals surface area contributed by atoms with E-state index in [0.29, 0.717) is 15.7 Å². The minimum Gasteiger partial charge on any atom is -0.298 e. The third kappa shape index (κ3) is 4.12. The number of anilines is 1. The number of amides is 1. The summed E-state index contributed by atoms with van der Waals surface area (Å²) < 4.78 is 0. The topological polar surface area (TPSA) is 45.2 Å². The molecule has 1 aliphatic heterocycles. The lowest BCUT2D eigenvalue weighted by Gasteiger charge is -2.24. The summed E-state index contributed by atoms with van der Waals surface area (Å²) in [4.78, 5) is 19.1. The van der Waals surface area contributed by atoms with Gasteiger partial charge in [0.15, 0.2) is 5.13 Å². The quantitative estimate of drug-likeness (QED) is 0.808. The fourth-order valence-electron chi connectivity index (χ4n) is 2.54. The molecule has 2 aromatic rings. The molecule has 0 radical (unpaired) electrons. The largest absolute Gasteiger partial charge is 0.298 e. The summed E-state index contributed by atoms with van der Waals surface area (Å²) in [7, 11) is 0. The first-order valence-electron chi connectivity index (χ1n) is 7.71. The molecule has 0 saturated heterocycles. The summed E-state index contributed by atoms with van der Waals surface area (Å²) >= 11 is 7.28. The molecular weight excluding hydrogens is 342 g/mol. The van der Waals surface area contributed by atoms with Gasteiger partial charge in [-0.2, -0.15) is 0 Å². The summed E-state index contributed by atoms with van der Waals surface area (Å²) in [5.41, 5.74) is 2.75. The number of thiazole rings is 1. The molecule has 1 aromatic carbocycles. The lowest BCUT2D eigenvalue weighted by atomic mass is 10.1. The SMILES string of the molecule is C=CCN1CC=C(c2csc(NC(=O)c3ccc(Cl)cc3)n2)CC1. The van der Waals surface area contributed by atoms with Crippen molar-refractivity contribution >= 4 is 39.5 Å². The van der Waals surface area contributed by atoms with E-state index in [4.69, 9.17) is 11.6 Å². The maximum Gasteiger partial charge on any atom is 0.257 e. The van der Waals surface area contributed by atoms with E-state index < -0.39 is 0 Å². The Labute approximate surface area is 150 Å². The van der Waals surface area contributed by atoms with Crippen LogP contribution in [0.15, 0.2) is 48.4 Å². The molecule has 4 nitrogen and oxygen atoms in total. The second-order valence-corrected chi connectivity index (χ2v) is 6.82. The lowest BCUT2D eigenvalue weighted by molar-refractivity contribution is 0.102. The normalized spacial score (nSPS) is 15.0. The number of nitrogens with zero attached hydrogens (tertiary/aromatic N) is 2. The Morgan fingerprint density at radius 3 is 2.88 bits per heavy atom. The van der Waals surface area contributed by atoms with Gasteiger partial charge in [0.2, 0.25) is 0 Å². The van der Waals surface area contributed by atoms with Crippen molar-refractivity contribution in [2.45, 2.75) is 6.42 Å². The van der Waals surface area contributed by atoms with E-state index in [1.165, 1.54) is 16.9 Å². The minimum absolute atomic E-state index is 0.178.